The Morgan fingerprint density at radius 1 is 0.957 bits per heavy atom. The van der Waals surface area contributed by atoms with Crippen LogP contribution in [0.5, 0.6) is 0 Å². The molecule has 3 aromatic rings. The summed E-state index contributed by atoms with van der Waals surface area (Å²) in [5.41, 5.74) is 4.34. The molecule has 4 nitrogen and oxygen atoms in total. The molecule has 0 unspecified atom stereocenters. The summed E-state index contributed by atoms with van der Waals surface area (Å²) >= 11 is 0. The molecule has 2 aromatic heterocycles. The van der Waals surface area contributed by atoms with Crippen molar-refractivity contribution in [3.63, 3.8) is 0 Å². The van der Waals surface area contributed by atoms with Crippen molar-refractivity contribution in [3.05, 3.63) is 72.2 Å². The maximum Gasteiger partial charge on any atom is 0.149 e. The predicted molar refractivity (Wildman–Crippen MR) is 93.0 cm³/mol. The lowest BCUT2D eigenvalue weighted by molar-refractivity contribution is 0.839. The van der Waals surface area contributed by atoms with Crippen LogP contribution in [0.3, 0.4) is 0 Å². The standard InChI is InChI=1S/C19H20N4/c1-2-8-18-17(15-9-4-3-5-10-15)13-19(23-22-18)21-14-16-11-6-7-12-20-16/h3-7,9-13H,2,8,14H2,1H3,(H,21,23). The highest BCUT2D eigenvalue weighted by Gasteiger charge is 2.09. The van der Waals surface area contributed by atoms with E-state index in [0.29, 0.717) is 6.54 Å². The maximum atomic E-state index is 4.42. The monoisotopic (exact) mass is 304 g/mol. The van der Waals surface area contributed by atoms with E-state index < -0.39 is 0 Å². The normalized spacial score (nSPS) is 10.5. The van der Waals surface area contributed by atoms with Crippen molar-refractivity contribution in [1.82, 2.24) is 15.2 Å². The summed E-state index contributed by atoms with van der Waals surface area (Å²) in [5, 5.41) is 12.0. The van der Waals surface area contributed by atoms with Crippen molar-refractivity contribution in [2.45, 2.75) is 26.3 Å². The molecule has 0 saturated heterocycles. The summed E-state index contributed by atoms with van der Waals surface area (Å²) in [6, 6.07) is 18.3. The van der Waals surface area contributed by atoms with Gasteiger partial charge in [0.25, 0.3) is 0 Å². The number of benzene rings is 1. The molecule has 0 fully saturated rings. The number of aryl methyl sites for hydroxylation is 1. The van der Waals surface area contributed by atoms with Crippen molar-refractivity contribution >= 4 is 5.82 Å². The molecule has 0 spiro atoms. The van der Waals surface area contributed by atoms with E-state index in [-0.39, 0.29) is 0 Å². The minimum atomic E-state index is 0.636. The average Bonchev–Trinajstić information content (AvgIpc) is 2.63. The number of aromatic nitrogens is 3. The number of hydrogen-bond donors (Lipinski definition) is 1. The van der Waals surface area contributed by atoms with Crippen molar-refractivity contribution in [1.29, 1.82) is 0 Å². The molecular formula is C19H20N4. The Labute approximate surface area is 136 Å². The van der Waals surface area contributed by atoms with E-state index in [2.05, 4.69) is 45.6 Å². The topological polar surface area (TPSA) is 50.7 Å². The van der Waals surface area contributed by atoms with Crippen molar-refractivity contribution in [3.8, 4) is 11.1 Å². The van der Waals surface area contributed by atoms with Gasteiger partial charge >= 0.3 is 0 Å². The first-order chi connectivity index (χ1) is 11.4. The lowest BCUT2D eigenvalue weighted by Crippen LogP contribution is -2.06. The Bertz CT molecular complexity index is 742. The van der Waals surface area contributed by atoms with Gasteiger partial charge in [0.2, 0.25) is 0 Å². The Morgan fingerprint density at radius 3 is 2.52 bits per heavy atom. The number of pyridine rings is 1. The number of nitrogens with one attached hydrogen (secondary N) is 1. The van der Waals surface area contributed by atoms with E-state index in [0.717, 1.165) is 35.6 Å². The molecule has 1 aromatic carbocycles. The van der Waals surface area contributed by atoms with Crippen molar-refractivity contribution in [2.75, 3.05) is 5.32 Å². The minimum absolute atomic E-state index is 0.636. The number of anilines is 1. The first-order valence-corrected chi connectivity index (χ1v) is 7.92. The van der Waals surface area contributed by atoms with Crippen LogP contribution in [0.15, 0.2) is 60.8 Å². The van der Waals surface area contributed by atoms with Crippen LogP contribution < -0.4 is 5.32 Å². The molecule has 2 heterocycles. The lowest BCUT2D eigenvalue weighted by atomic mass is 10.0. The fourth-order valence-electron chi connectivity index (χ4n) is 2.48. The van der Waals surface area contributed by atoms with Gasteiger partial charge in [-0.15, -0.1) is 5.10 Å². The molecule has 0 aliphatic carbocycles. The van der Waals surface area contributed by atoms with Crippen LogP contribution >= 0.6 is 0 Å². The highest BCUT2D eigenvalue weighted by molar-refractivity contribution is 5.68. The fourth-order valence-corrected chi connectivity index (χ4v) is 2.48. The van der Waals surface area contributed by atoms with Crippen LogP contribution in [0, 0.1) is 0 Å². The highest BCUT2D eigenvalue weighted by atomic mass is 15.2. The van der Waals surface area contributed by atoms with Gasteiger partial charge in [-0.1, -0.05) is 49.7 Å². The van der Waals surface area contributed by atoms with Gasteiger partial charge in [0.15, 0.2) is 0 Å². The lowest BCUT2D eigenvalue weighted by Gasteiger charge is -2.11. The molecule has 0 amide bonds. The van der Waals surface area contributed by atoms with Crippen LogP contribution in [0.1, 0.15) is 24.7 Å². The number of hydrogen-bond acceptors (Lipinski definition) is 4. The molecule has 3 rings (SSSR count). The third-order valence-electron chi connectivity index (χ3n) is 3.62. The first kappa shape index (κ1) is 15.2. The molecule has 0 bridgehead atoms. The van der Waals surface area contributed by atoms with Gasteiger partial charge in [-0.25, -0.2) is 0 Å². The first-order valence-electron chi connectivity index (χ1n) is 7.92. The van der Waals surface area contributed by atoms with Crippen molar-refractivity contribution in [2.24, 2.45) is 0 Å². The van der Waals surface area contributed by atoms with Crippen LogP contribution in [0.25, 0.3) is 11.1 Å². The van der Waals surface area contributed by atoms with E-state index in [1.807, 2.05) is 36.4 Å². The molecular weight excluding hydrogens is 284 g/mol. The second-order valence-corrected chi connectivity index (χ2v) is 5.38. The molecule has 23 heavy (non-hydrogen) atoms. The summed E-state index contributed by atoms with van der Waals surface area (Å²) in [6.07, 6.45) is 3.77. The molecule has 116 valence electrons. The molecule has 0 saturated carbocycles. The summed E-state index contributed by atoms with van der Waals surface area (Å²) in [5.74, 6) is 0.773. The Balaban J connectivity index is 1.85. The zero-order chi connectivity index (χ0) is 15.9. The van der Waals surface area contributed by atoms with E-state index >= 15 is 0 Å². The van der Waals surface area contributed by atoms with E-state index in [4.69, 9.17) is 0 Å². The molecule has 0 aliphatic heterocycles. The minimum Gasteiger partial charge on any atom is -0.363 e. The molecule has 0 aliphatic rings. The van der Waals surface area contributed by atoms with Crippen LogP contribution in [0.2, 0.25) is 0 Å². The SMILES string of the molecule is CCCc1nnc(NCc2ccccn2)cc1-c1ccccc1. The van der Waals surface area contributed by atoms with E-state index in [9.17, 15) is 0 Å². The number of rotatable bonds is 6. The predicted octanol–water partition coefficient (Wildman–Crippen LogP) is 4.10. The Kier molecular flexibility index (Phi) is 4.94. The quantitative estimate of drug-likeness (QED) is 0.745. The van der Waals surface area contributed by atoms with Crippen LogP contribution in [-0.2, 0) is 13.0 Å². The summed E-state index contributed by atoms with van der Waals surface area (Å²) in [6.45, 7) is 2.79. The van der Waals surface area contributed by atoms with Gasteiger partial charge in [0.1, 0.15) is 5.82 Å². The summed E-state index contributed by atoms with van der Waals surface area (Å²) in [4.78, 5) is 4.31. The molecule has 0 radical (unpaired) electrons. The highest BCUT2D eigenvalue weighted by Crippen LogP contribution is 2.25. The Morgan fingerprint density at radius 2 is 1.78 bits per heavy atom. The third-order valence-corrected chi connectivity index (χ3v) is 3.62. The zero-order valence-corrected chi connectivity index (χ0v) is 13.2. The second kappa shape index (κ2) is 7.49. The van der Waals surface area contributed by atoms with Crippen LogP contribution in [0.4, 0.5) is 5.82 Å². The Hall–Kier alpha value is -2.75. The smallest absolute Gasteiger partial charge is 0.149 e. The second-order valence-electron chi connectivity index (χ2n) is 5.38. The van der Waals surface area contributed by atoms with Gasteiger partial charge in [0, 0.05) is 11.8 Å². The average molecular weight is 304 g/mol. The fraction of sp³-hybridized carbons (Fsp3) is 0.211. The largest absolute Gasteiger partial charge is 0.363 e. The van der Waals surface area contributed by atoms with E-state index in [1.165, 1.54) is 5.56 Å². The maximum absolute atomic E-state index is 4.42. The summed E-state index contributed by atoms with van der Waals surface area (Å²) in [7, 11) is 0. The third kappa shape index (κ3) is 3.92. The molecule has 1 N–H and O–H groups in total. The zero-order valence-electron chi connectivity index (χ0n) is 13.2. The number of nitrogens with zero attached hydrogens (tertiary/aromatic N) is 3. The van der Waals surface area contributed by atoms with Crippen molar-refractivity contribution < 1.29 is 0 Å². The van der Waals surface area contributed by atoms with Gasteiger partial charge in [-0.3, -0.25) is 4.98 Å². The van der Waals surface area contributed by atoms with Gasteiger partial charge in [0.05, 0.1) is 17.9 Å². The van der Waals surface area contributed by atoms with Gasteiger partial charge in [-0.05, 0) is 30.2 Å². The van der Waals surface area contributed by atoms with Crippen LogP contribution in [-0.4, -0.2) is 15.2 Å². The van der Waals surface area contributed by atoms with Gasteiger partial charge in [-0.2, -0.15) is 5.10 Å². The van der Waals surface area contributed by atoms with E-state index in [1.54, 1.807) is 6.20 Å². The van der Waals surface area contributed by atoms with Gasteiger partial charge < -0.3 is 5.32 Å². The molecule has 4 heteroatoms. The molecule has 0 atom stereocenters. The summed E-state index contributed by atoms with van der Waals surface area (Å²) < 4.78 is 0.